The van der Waals surface area contributed by atoms with Crippen LogP contribution in [-0.4, -0.2) is 12.5 Å². The number of anilines is 1. The Balaban J connectivity index is 2.07. The number of amides is 1. The van der Waals surface area contributed by atoms with E-state index in [2.05, 4.69) is 5.32 Å². The smallest absolute Gasteiger partial charge is 0.416 e. The maximum Gasteiger partial charge on any atom is 0.416 e. The Morgan fingerprint density at radius 3 is 2.24 bits per heavy atom. The number of halogens is 7. The summed E-state index contributed by atoms with van der Waals surface area (Å²) in [6.07, 6.45) is -4.56. The van der Waals surface area contributed by atoms with E-state index in [0.717, 1.165) is 18.2 Å². The summed E-state index contributed by atoms with van der Waals surface area (Å²) < 4.78 is 43.3. The summed E-state index contributed by atoms with van der Waals surface area (Å²) in [7, 11) is 0. The highest BCUT2D eigenvalue weighted by molar-refractivity contribution is 6.43. The Morgan fingerprint density at radius 1 is 0.960 bits per heavy atom. The highest BCUT2D eigenvalue weighted by atomic mass is 35.5. The molecule has 0 aromatic heterocycles. The van der Waals surface area contributed by atoms with Crippen molar-refractivity contribution in [1.29, 1.82) is 0 Å². The largest absolute Gasteiger partial charge is 0.482 e. The van der Waals surface area contributed by atoms with Crippen molar-refractivity contribution in [3.63, 3.8) is 0 Å². The number of benzene rings is 2. The minimum absolute atomic E-state index is 0.0473. The second-order valence-corrected chi connectivity index (χ2v) is 6.35. The van der Waals surface area contributed by atoms with Crippen molar-refractivity contribution in [2.75, 3.05) is 11.9 Å². The number of carbonyl (C=O) groups is 1. The van der Waals surface area contributed by atoms with Crippen LogP contribution in [0, 0.1) is 0 Å². The average molecular weight is 433 g/mol. The Morgan fingerprint density at radius 2 is 1.60 bits per heavy atom. The summed E-state index contributed by atoms with van der Waals surface area (Å²) in [5.41, 5.74) is -1.13. The van der Waals surface area contributed by atoms with Gasteiger partial charge in [0.25, 0.3) is 5.91 Å². The van der Waals surface area contributed by atoms with Crippen molar-refractivity contribution in [3.8, 4) is 5.75 Å². The lowest BCUT2D eigenvalue weighted by atomic mass is 10.2. The molecule has 0 saturated heterocycles. The van der Waals surface area contributed by atoms with Crippen LogP contribution in [-0.2, 0) is 11.0 Å². The Bertz CT molecular complexity index is 812. The molecule has 0 unspecified atom stereocenters. The molecule has 0 radical (unpaired) electrons. The summed E-state index contributed by atoms with van der Waals surface area (Å²) in [5.74, 6) is -0.635. The van der Waals surface area contributed by atoms with Gasteiger partial charge in [-0.3, -0.25) is 4.79 Å². The van der Waals surface area contributed by atoms with Gasteiger partial charge in [0, 0.05) is 6.07 Å². The molecule has 0 aliphatic carbocycles. The fraction of sp³-hybridized carbons (Fsp3) is 0.133. The molecule has 10 heteroatoms. The van der Waals surface area contributed by atoms with E-state index in [-0.39, 0.29) is 31.5 Å². The molecular weight excluding hydrogens is 425 g/mol. The standard InChI is InChI=1S/C15H8Cl4F3NO2/c16-8-2-1-7(15(20,21)22)3-12(8)23-14(24)6-25-13-5-10(18)9(17)4-11(13)19/h1-5H,6H2,(H,23,24). The van der Waals surface area contributed by atoms with Crippen LogP contribution in [0.5, 0.6) is 5.75 Å². The number of alkyl halides is 3. The predicted molar refractivity (Wildman–Crippen MR) is 92.1 cm³/mol. The molecule has 0 aliphatic rings. The van der Waals surface area contributed by atoms with E-state index in [0.29, 0.717) is 0 Å². The molecule has 1 N–H and O–H groups in total. The van der Waals surface area contributed by atoms with Gasteiger partial charge in [0.05, 0.1) is 31.3 Å². The summed E-state index contributed by atoms with van der Waals surface area (Å²) in [6, 6.07) is 5.23. The number of hydrogen-bond acceptors (Lipinski definition) is 2. The maximum absolute atomic E-state index is 12.7. The van der Waals surface area contributed by atoms with Crippen LogP contribution >= 0.6 is 46.4 Å². The molecule has 0 fully saturated rings. The topological polar surface area (TPSA) is 38.3 Å². The normalized spacial score (nSPS) is 11.3. The van der Waals surface area contributed by atoms with Crippen LogP contribution < -0.4 is 10.1 Å². The van der Waals surface area contributed by atoms with Gasteiger partial charge in [-0.15, -0.1) is 0 Å². The zero-order valence-electron chi connectivity index (χ0n) is 12.1. The van der Waals surface area contributed by atoms with Crippen LogP contribution in [0.15, 0.2) is 30.3 Å². The summed E-state index contributed by atoms with van der Waals surface area (Å²) >= 11 is 23.3. The second kappa shape index (κ2) is 7.91. The fourth-order valence-corrected chi connectivity index (χ4v) is 2.50. The summed E-state index contributed by atoms with van der Waals surface area (Å²) in [4.78, 5) is 11.9. The first-order valence-electron chi connectivity index (χ1n) is 6.52. The summed E-state index contributed by atoms with van der Waals surface area (Å²) in [6.45, 7) is -0.524. The molecule has 3 nitrogen and oxygen atoms in total. The average Bonchev–Trinajstić information content (AvgIpc) is 2.50. The van der Waals surface area contributed by atoms with Gasteiger partial charge in [-0.25, -0.2) is 0 Å². The van der Waals surface area contributed by atoms with Gasteiger partial charge in [-0.2, -0.15) is 13.2 Å². The van der Waals surface area contributed by atoms with Crippen LogP contribution in [0.3, 0.4) is 0 Å². The van der Waals surface area contributed by atoms with E-state index in [1.807, 2.05) is 0 Å². The number of hydrogen-bond donors (Lipinski definition) is 1. The van der Waals surface area contributed by atoms with E-state index >= 15 is 0 Å². The lowest BCUT2D eigenvalue weighted by Gasteiger charge is -2.13. The van der Waals surface area contributed by atoms with Gasteiger partial charge >= 0.3 is 6.18 Å². The molecule has 0 bridgehead atoms. The zero-order valence-corrected chi connectivity index (χ0v) is 15.1. The van der Waals surface area contributed by atoms with Gasteiger partial charge < -0.3 is 10.1 Å². The molecular formula is C15H8Cl4F3NO2. The third kappa shape index (κ3) is 5.31. The maximum atomic E-state index is 12.7. The van der Waals surface area contributed by atoms with Crippen molar-refractivity contribution >= 4 is 58.0 Å². The minimum Gasteiger partial charge on any atom is -0.482 e. The van der Waals surface area contributed by atoms with Crippen molar-refractivity contribution in [2.24, 2.45) is 0 Å². The molecule has 2 aromatic rings. The van der Waals surface area contributed by atoms with Gasteiger partial charge in [0.2, 0.25) is 0 Å². The van der Waals surface area contributed by atoms with E-state index in [9.17, 15) is 18.0 Å². The van der Waals surface area contributed by atoms with Crippen LogP contribution in [0.4, 0.5) is 18.9 Å². The quantitative estimate of drug-likeness (QED) is 0.572. The van der Waals surface area contributed by atoms with Crippen molar-refractivity contribution in [3.05, 3.63) is 56.0 Å². The fourth-order valence-electron chi connectivity index (χ4n) is 1.74. The van der Waals surface area contributed by atoms with Crippen LogP contribution in [0.25, 0.3) is 0 Å². The highest BCUT2D eigenvalue weighted by Crippen LogP contribution is 2.35. The van der Waals surface area contributed by atoms with Crippen LogP contribution in [0.1, 0.15) is 5.56 Å². The molecule has 25 heavy (non-hydrogen) atoms. The minimum atomic E-state index is -4.56. The van der Waals surface area contributed by atoms with Gasteiger partial charge in [-0.1, -0.05) is 46.4 Å². The molecule has 0 aliphatic heterocycles. The Labute approximate surface area is 160 Å². The van der Waals surface area contributed by atoms with Crippen molar-refractivity contribution in [1.82, 2.24) is 0 Å². The first-order chi connectivity index (χ1) is 11.6. The Kier molecular flexibility index (Phi) is 6.32. The lowest BCUT2D eigenvalue weighted by Crippen LogP contribution is -2.21. The Hall–Kier alpha value is -1.34. The number of rotatable bonds is 4. The summed E-state index contributed by atoms with van der Waals surface area (Å²) in [5, 5.41) is 2.69. The molecule has 0 heterocycles. The van der Waals surface area contributed by atoms with Crippen molar-refractivity contribution < 1.29 is 22.7 Å². The molecule has 0 saturated carbocycles. The van der Waals surface area contributed by atoms with Crippen molar-refractivity contribution in [2.45, 2.75) is 6.18 Å². The first kappa shape index (κ1) is 20.0. The lowest BCUT2D eigenvalue weighted by molar-refractivity contribution is -0.137. The monoisotopic (exact) mass is 431 g/mol. The molecule has 1 amide bonds. The van der Waals surface area contributed by atoms with Crippen LogP contribution in [0.2, 0.25) is 20.1 Å². The van der Waals surface area contributed by atoms with Gasteiger partial charge in [0.1, 0.15) is 5.75 Å². The zero-order chi connectivity index (χ0) is 18.8. The number of carbonyl (C=O) groups excluding carboxylic acids is 1. The first-order valence-corrected chi connectivity index (χ1v) is 8.03. The third-order valence-corrected chi connectivity index (χ3v) is 4.25. The molecule has 2 rings (SSSR count). The SMILES string of the molecule is O=C(COc1cc(Cl)c(Cl)cc1Cl)Nc1cc(C(F)(F)F)ccc1Cl. The second-order valence-electron chi connectivity index (χ2n) is 4.73. The molecule has 134 valence electrons. The predicted octanol–water partition coefficient (Wildman–Crippen LogP) is 6.34. The highest BCUT2D eigenvalue weighted by Gasteiger charge is 2.31. The number of nitrogens with one attached hydrogen (secondary N) is 1. The molecule has 0 atom stereocenters. The van der Waals surface area contributed by atoms with Gasteiger partial charge in [0.15, 0.2) is 6.61 Å². The molecule has 0 spiro atoms. The van der Waals surface area contributed by atoms with E-state index in [1.54, 1.807) is 0 Å². The third-order valence-electron chi connectivity index (χ3n) is 2.90. The van der Waals surface area contributed by atoms with E-state index in [1.165, 1.54) is 12.1 Å². The number of ether oxygens (including phenoxy) is 1. The van der Waals surface area contributed by atoms with E-state index < -0.39 is 24.3 Å². The van der Waals surface area contributed by atoms with Gasteiger partial charge in [-0.05, 0) is 24.3 Å². The molecule has 2 aromatic carbocycles. The van der Waals surface area contributed by atoms with E-state index in [4.69, 9.17) is 51.1 Å².